The van der Waals surface area contributed by atoms with Crippen molar-refractivity contribution in [3.8, 4) is 0 Å². The molecule has 0 saturated carbocycles. The number of benzene rings is 2. The lowest BCUT2D eigenvalue weighted by Gasteiger charge is -2.21. The summed E-state index contributed by atoms with van der Waals surface area (Å²) in [6, 6.07) is 19.1. The summed E-state index contributed by atoms with van der Waals surface area (Å²) in [6.45, 7) is 3.03. The average molecular weight is 325 g/mol. The Balaban J connectivity index is 1.88. The van der Waals surface area contributed by atoms with Crippen molar-refractivity contribution in [3.63, 3.8) is 0 Å². The van der Waals surface area contributed by atoms with Gasteiger partial charge in [0.2, 0.25) is 0 Å². The Morgan fingerprint density at radius 1 is 1.04 bits per heavy atom. The normalized spacial score (nSPS) is 10.7. The molecule has 0 radical (unpaired) electrons. The van der Waals surface area contributed by atoms with Crippen LogP contribution in [-0.4, -0.2) is 22.3 Å². The predicted octanol–water partition coefficient (Wildman–Crippen LogP) is 4.55. The van der Waals surface area contributed by atoms with Gasteiger partial charge in [0.25, 0.3) is 5.91 Å². The second-order valence-corrected chi connectivity index (χ2v) is 5.71. The van der Waals surface area contributed by atoms with E-state index in [4.69, 9.17) is 11.6 Å². The van der Waals surface area contributed by atoms with Crippen LogP contribution >= 0.6 is 11.6 Å². The number of para-hydroxylation sites is 1. The highest BCUT2D eigenvalue weighted by atomic mass is 35.5. The van der Waals surface area contributed by atoms with E-state index in [-0.39, 0.29) is 5.91 Å². The van der Waals surface area contributed by atoms with Gasteiger partial charge in [0.05, 0.1) is 5.52 Å². The lowest BCUT2D eigenvalue weighted by molar-refractivity contribution is 0.0747. The molecule has 3 nitrogen and oxygen atoms in total. The minimum absolute atomic E-state index is 0.0850. The minimum atomic E-state index is -0.0850. The number of amides is 1. The highest BCUT2D eigenvalue weighted by molar-refractivity contribution is 6.31. The van der Waals surface area contributed by atoms with Crippen molar-refractivity contribution in [3.05, 3.63) is 76.9 Å². The zero-order valence-corrected chi connectivity index (χ0v) is 13.6. The molecule has 1 amide bonds. The quantitative estimate of drug-likeness (QED) is 0.705. The van der Waals surface area contributed by atoms with E-state index in [9.17, 15) is 4.79 Å². The van der Waals surface area contributed by atoms with Crippen LogP contribution in [0.4, 0.5) is 0 Å². The largest absolute Gasteiger partial charge is 0.333 e. The average Bonchev–Trinajstić information content (AvgIpc) is 2.60. The van der Waals surface area contributed by atoms with Crippen LogP contribution in [0.25, 0.3) is 10.9 Å². The molecular formula is C19H17ClN2O. The van der Waals surface area contributed by atoms with Crippen LogP contribution in [0, 0.1) is 0 Å². The number of pyridine rings is 1. The van der Waals surface area contributed by atoms with Crippen LogP contribution in [0.1, 0.15) is 23.0 Å². The number of rotatable bonds is 4. The Bertz CT molecular complexity index is 847. The Morgan fingerprint density at radius 3 is 2.57 bits per heavy atom. The van der Waals surface area contributed by atoms with Crippen LogP contribution in [0.5, 0.6) is 0 Å². The third-order valence-electron chi connectivity index (χ3n) is 3.81. The Labute approximate surface area is 140 Å². The third kappa shape index (κ3) is 3.35. The molecule has 1 heterocycles. The second-order valence-electron chi connectivity index (χ2n) is 5.30. The molecule has 116 valence electrons. The third-order valence-corrected chi connectivity index (χ3v) is 4.17. The van der Waals surface area contributed by atoms with Crippen molar-refractivity contribution in [1.82, 2.24) is 9.88 Å². The van der Waals surface area contributed by atoms with Gasteiger partial charge in [-0.25, -0.2) is 4.98 Å². The number of carbonyl (C=O) groups excluding carboxylic acids is 1. The molecule has 0 saturated heterocycles. The summed E-state index contributed by atoms with van der Waals surface area (Å²) in [5.74, 6) is -0.0850. The van der Waals surface area contributed by atoms with E-state index in [1.54, 1.807) is 11.0 Å². The Hall–Kier alpha value is -2.39. The van der Waals surface area contributed by atoms with Crippen molar-refractivity contribution in [2.45, 2.75) is 13.5 Å². The fourth-order valence-electron chi connectivity index (χ4n) is 2.51. The van der Waals surface area contributed by atoms with Crippen molar-refractivity contribution in [2.75, 3.05) is 6.54 Å². The first-order valence-corrected chi connectivity index (χ1v) is 7.95. The van der Waals surface area contributed by atoms with Gasteiger partial charge in [-0.15, -0.1) is 0 Å². The van der Waals surface area contributed by atoms with Crippen LogP contribution in [0.15, 0.2) is 60.7 Å². The van der Waals surface area contributed by atoms with Gasteiger partial charge >= 0.3 is 0 Å². The molecule has 2 aromatic carbocycles. The SMILES string of the molecule is CCN(Cc1ccccc1Cl)C(=O)c1ccc2ccccc2n1. The van der Waals surface area contributed by atoms with Gasteiger partial charge in [-0.05, 0) is 30.7 Å². The number of aromatic nitrogens is 1. The number of hydrogen-bond donors (Lipinski definition) is 0. The molecule has 3 rings (SSSR count). The summed E-state index contributed by atoms with van der Waals surface area (Å²) in [4.78, 5) is 19.0. The number of fused-ring (bicyclic) bond motifs is 1. The van der Waals surface area contributed by atoms with E-state index in [0.29, 0.717) is 23.8 Å². The number of halogens is 1. The summed E-state index contributed by atoms with van der Waals surface area (Å²) in [5, 5.41) is 1.70. The van der Waals surface area contributed by atoms with Gasteiger partial charge < -0.3 is 4.90 Å². The molecule has 0 fully saturated rings. The summed E-state index contributed by atoms with van der Waals surface area (Å²) in [5.41, 5.74) is 2.22. The monoisotopic (exact) mass is 324 g/mol. The van der Waals surface area contributed by atoms with Crippen LogP contribution < -0.4 is 0 Å². The molecule has 3 aromatic rings. The van der Waals surface area contributed by atoms with Gasteiger partial charge in [-0.2, -0.15) is 0 Å². The van der Waals surface area contributed by atoms with Gasteiger partial charge in [-0.1, -0.05) is 54.1 Å². The first-order valence-electron chi connectivity index (χ1n) is 7.57. The number of nitrogens with zero attached hydrogens (tertiary/aromatic N) is 2. The van der Waals surface area contributed by atoms with E-state index >= 15 is 0 Å². The first kappa shape index (κ1) is 15.5. The summed E-state index contributed by atoms with van der Waals surface area (Å²) >= 11 is 6.20. The van der Waals surface area contributed by atoms with E-state index in [1.165, 1.54) is 0 Å². The molecule has 23 heavy (non-hydrogen) atoms. The smallest absolute Gasteiger partial charge is 0.272 e. The van der Waals surface area contributed by atoms with E-state index in [2.05, 4.69) is 4.98 Å². The molecular weight excluding hydrogens is 308 g/mol. The maximum atomic E-state index is 12.8. The molecule has 4 heteroatoms. The highest BCUT2D eigenvalue weighted by Gasteiger charge is 2.17. The van der Waals surface area contributed by atoms with Crippen molar-refractivity contribution < 1.29 is 4.79 Å². The van der Waals surface area contributed by atoms with Crippen LogP contribution in [0.2, 0.25) is 5.02 Å². The summed E-state index contributed by atoms with van der Waals surface area (Å²) in [6.07, 6.45) is 0. The standard InChI is InChI=1S/C19H17ClN2O/c1-2-22(13-15-8-3-5-9-16(15)20)19(23)18-12-11-14-7-4-6-10-17(14)21-18/h3-12H,2,13H2,1H3. The topological polar surface area (TPSA) is 33.2 Å². The molecule has 0 bridgehead atoms. The molecule has 0 aliphatic heterocycles. The van der Waals surface area contributed by atoms with Gasteiger partial charge in [-0.3, -0.25) is 4.79 Å². The lowest BCUT2D eigenvalue weighted by atomic mass is 10.1. The molecule has 0 aliphatic rings. The van der Waals surface area contributed by atoms with E-state index in [0.717, 1.165) is 16.5 Å². The zero-order chi connectivity index (χ0) is 16.2. The van der Waals surface area contributed by atoms with Crippen molar-refractivity contribution >= 4 is 28.4 Å². The molecule has 0 unspecified atom stereocenters. The molecule has 1 aromatic heterocycles. The maximum absolute atomic E-state index is 12.8. The minimum Gasteiger partial charge on any atom is -0.333 e. The number of carbonyl (C=O) groups is 1. The summed E-state index contributed by atoms with van der Waals surface area (Å²) < 4.78 is 0. The zero-order valence-electron chi connectivity index (χ0n) is 12.9. The number of hydrogen-bond acceptors (Lipinski definition) is 2. The molecule has 0 N–H and O–H groups in total. The molecule has 0 atom stereocenters. The lowest BCUT2D eigenvalue weighted by Crippen LogP contribution is -2.31. The van der Waals surface area contributed by atoms with Gasteiger partial charge in [0.15, 0.2) is 0 Å². The molecule has 0 spiro atoms. The Kier molecular flexibility index (Phi) is 4.58. The summed E-state index contributed by atoms with van der Waals surface area (Å²) in [7, 11) is 0. The Morgan fingerprint density at radius 2 is 1.78 bits per heavy atom. The van der Waals surface area contributed by atoms with Gasteiger partial charge in [0, 0.05) is 23.5 Å². The van der Waals surface area contributed by atoms with Crippen molar-refractivity contribution in [2.24, 2.45) is 0 Å². The van der Waals surface area contributed by atoms with Crippen LogP contribution in [-0.2, 0) is 6.54 Å². The maximum Gasteiger partial charge on any atom is 0.272 e. The predicted molar refractivity (Wildman–Crippen MR) is 93.6 cm³/mol. The van der Waals surface area contributed by atoms with Gasteiger partial charge in [0.1, 0.15) is 5.69 Å². The molecule has 0 aliphatic carbocycles. The highest BCUT2D eigenvalue weighted by Crippen LogP contribution is 2.19. The first-order chi connectivity index (χ1) is 11.2. The second kappa shape index (κ2) is 6.80. The van der Waals surface area contributed by atoms with E-state index < -0.39 is 0 Å². The van der Waals surface area contributed by atoms with Crippen molar-refractivity contribution in [1.29, 1.82) is 0 Å². The fraction of sp³-hybridized carbons (Fsp3) is 0.158. The fourth-order valence-corrected chi connectivity index (χ4v) is 2.70. The van der Waals surface area contributed by atoms with E-state index in [1.807, 2.05) is 61.5 Å². The van der Waals surface area contributed by atoms with Crippen LogP contribution in [0.3, 0.4) is 0 Å².